The summed E-state index contributed by atoms with van der Waals surface area (Å²) in [5.41, 5.74) is 1.81. The maximum Gasteiger partial charge on any atom is 0.303 e. The SMILES string of the molecule is COc1cc(CO[Si](C)(C)C(C)(C)C)c([C@@H](OC(C)=O)[C@@H](OC(C)=O)C2=C(C)CCC(=O)C2(C)C)c(OC)c1. The highest BCUT2D eigenvalue weighted by molar-refractivity contribution is 6.74. The maximum atomic E-state index is 13.1. The minimum absolute atomic E-state index is 0.0324. The Balaban J connectivity index is 2.87. The molecule has 2 rings (SSSR count). The van der Waals surface area contributed by atoms with E-state index in [4.69, 9.17) is 23.4 Å². The van der Waals surface area contributed by atoms with Gasteiger partial charge in [0, 0.05) is 37.3 Å². The van der Waals surface area contributed by atoms with Crippen molar-refractivity contribution in [3.8, 4) is 11.5 Å². The Morgan fingerprint density at radius 2 is 1.54 bits per heavy atom. The van der Waals surface area contributed by atoms with Crippen molar-refractivity contribution in [3.05, 3.63) is 34.4 Å². The Morgan fingerprint density at radius 1 is 0.974 bits per heavy atom. The second kappa shape index (κ2) is 12.2. The van der Waals surface area contributed by atoms with Gasteiger partial charge in [-0.15, -0.1) is 0 Å². The number of methoxy groups -OCH3 is 2. The van der Waals surface area contributed by atoms with Gasteiger partial charge in [-0.25, -0.2) is 0 Å². The van der Waals surface area contributed by atoms with E-state index in [1.807, 2.05) is 26.8 Å². The van der Waals surface area contributed by atoms with Crippen molar-refractivity contribution < 1.29 is 37.8 Å². The van der Waals surface area contributed by atoms with Crippen LogP contribution in [0.3, 0.4) is 0 Å². The molecule has 39 heavy (non-hydrogen) atoms. The average Bonchev–Trinajstić information content (AvgIpc) is 2.81. The van der Waals surface area contributed by atoms with Crippen LogP contribution in [0.2, 0.25) is 18.1 Å². The molecular weight excluding hydrogens is 516 g/mol. The molecule has 2 atom stereocenters. The standard InChI is InChI=1S/C30H46O8Si/c1-18-13-14-24(33)30(7,8)26(18)28(38-20(3)32)27(37-19(2)31)25-21(15-22(34-9)16-23(25)35-10)17-36-39(11,12)29(4,5)6/h15-16,27-28H,13-14,17H2,1-12H3/t27-,28+/m1/s1. The normalized spacial score (nSPS) is 17.4. The molecule has 0 amide bonds. The molecule has 0 heterocycles. The van der Waals surface area contributed by atoms with Crippen molar-refractivity contribution in [2.45, 2.75) is 105 Å². The maximum absolute atomic E-state index is 13.1. The number of allylic oxidation sites excluding steroid dienone is 1. The summed E-state index contributed by atoms with van der Waals surface area (Å²) in [4.78, 5) is 38.1. The van der Waals surface area contributed by atoms with E-state index in [1.165, 1.54) is 21.0 Å². The van der Waals surface area contributed by atoms with Gasteiger partial charge in [0.1, 0.15) is 17.3 Å². The lowest BCUT2D eigenvalue weighted by atomic mass is 9.68. The molecule has 9 heteroatoms. The summed E-state index contributed by atoms with van der Waals surface area (Å²) < 4.78 is 29.8. The molecule has 8 nitrogen and oxygen atoms in total. The summed E-state index contributed by atoms with van der Waals surface area (Å²) in [7, 11) is 0.883. The van der Waals surface area contributed by atoms with Crippen LogP contribution in [0.25, 0.3) is 0 Å². The quantitative estimate of drug-likeness (QED) is 0.182. The summed E-state index contributed by atoms with van der Waals surface area (Å²) in [6, 6.07) is 3.52. The molecule has 0 aromatic heterocycles. The summed E-state index contributed by atoms with van der Waals surface area (Å²) in [6.07, 6.45) is -1.23. The number of hydrogen-bond acceptors (Lipinski definition) is 8. The van der Waals surface area contributed by atoms with E-state index in [1.54, 1.807) is 13.2 Å². The van der Waals surface area contributed by atoms with E-state index in [0.717, 1.165) is 5.57 Å². The highest BCUT2D eigenvalue weighted by Crippen LogP contribution is 2.48. The van der Waals surface area contributed by atoms with Crippen LogP contribution in [0.4, 0.5) is 0 Å². The molecule has 1 aliphatic carbocycles. The highest BCUT2D eigenvalue weighted by Gasteiger charge is 2.47. The molecule has 0 radical (unpaired) electrons. The fourth-order valence-electron chi connectivity index (χ4n) is 4.79. The Morgan fingerprint density at radius 3 is 2.03 bits per heavy atom. The van der Waals surface area contributed by atoms with Crippen LogP contribution in [0, 0.1) is 5.41 Å². The first-order valence-corrected chi connectivity index (χ1v) is 16.2. The number of esters is 2. The average molecular weight is 563 g/mol. The van der Waals surface area contributed by atoms with Crippen LogP contribution in [-0.2, 0) is 34.9 Å². The lowest BCUT2D eigenvalue weighted by Crippen LogP contribution is -2.42. The third kappa shape index (κ3) is 7.31. The lowest BCUT2D eigenvalue weighted by molar-refractivity contribution is -0.164. The Hall–Kier alpha value is -2.65. The molecule has 0 N–H and O–H groups in total. The Kier molecular flexibility index (Phi) is 10.2. The van der Waals surface area contributed by atoms with Crippen molar-refractivity contribution in [1.29, 1.82) is 0 Å². The first-order valence-electron chi connectivity index (χ1n) is 13.3. The Bertz CT molecular complexity index is 1130. The van der Waals surface area contributed by atoms with Gasteiger partial charge in [0.25, 0.3) is 0 Å². The minimum atomic E-state index is -2.19. The van der Waals surface area contributed by atoms with Gasteiger partial charge in [0.15, 0.2) is 20.5 Å². The third-order valence-corrected chi connectivity index (χ3v) is 12.5. The van der Waals surface area contributed by atoms with Crippen molar-refractivity contribution >= 4 is 26.0 Å². The number of Topliss-reactive ketones (excluding diaryl/α,β-unsaturated/α-hetero) is 1. The number of benzene rings is 1. The largest absolute Gasteiger partial charge is 0.497 e. The van der Waals surface area contributed by atoms with Crippen molar-refractivity contribution in [3.63, 3.8) is 0 Å². The molecule has 1 aromatic carbocycles. The zero-order chi connectivity index (χ0) is 29.9. The fraction of sp³-hybridized carbons (Fsp3) is 0.633. The van der Waals surface area contributed by atoms with Gasteiger partial charge in [0.2, 0.25) is 0 Å². The molecular formula is C30H46O8Si. The number of carbonyl (C=O) groups is 3. The number of ketones is 1. The number of carbonyl (C=O) groups excluding carboxylic acids is 3. The van der Waals surface area contributed by atoms with Gasteiger partial charge in [-0.05, 0) is 62.5 Å². The van der Waals surface area contributed by atoms with Gasteiger partial charge < -0.3 is 23.4 Å². The predicted octanol–water partition coefficient (Wildman–Crippen LogP) is 6.47. The van der Waals surface area contributed by atoms with E-state index in [0.29, 0.717) is 41.0 Å². The molecule has 1 aliphatic rings. The van der Waals surface area contributed by atoms with Crippen LogP contribution in [0.5, 0.6) is 11.5 Å². The van der Waals surface area contributed by atoms with Crippen molar-refractivity contribution in [1.82, 2.24) is 0 Å². The molecule has 218 valence electrons. The second-order valence-corrected chi connectivity index (χ2v) is 17.1. The van der Waals surface area contributed by atoms with Crippen LogP contribution in [-0.4, -0.2) is 46.4 Å². The highest BCUT2D eigenvalue weighted by atomic mass is 28.4. The van der Waals surface area contributed by atoms with E-state index in [2.05, 4.69) is 33.9 Å². The summed E-state index contributed by atoms with van der Waals surface area (Å²) in [5.74, 6) is -0.157. The van der Waals surface area contributed by atoms with E-state index < -0.39 is 37.9 Å². The van der Waals surface area contributed by atoms with E-state index in [-0.39, 0.29) is 17.4 Å². The van der Waals surface area contributed by atoms with Gasteiger partial charge in [-0.3, -0.25) is 14.4 Å². The van der Waals surface area contributed by atoms with Crippen LogP contribution in [0.15, 0.2) is 23.3 Å². The van der Waals surface area contributed by atoms with Gasteiger partial charge in [-0.2, -0.15) is 0 Å². The zero-order valence-electron chi connectivity index (χ0n) is 25.7. The first kappa shape index (κ1) is 32.6. The van der Waals surface area contributed by atoms with Crippen LogP contribution < -0.4 is 9.47 Å². The second-order valence-electron chi connectivity index (χ2n) is 12.3. The smallest absolute Gasteiger partial charge is 0.303 e. The van der Waals surface area contributed by atoms with Gasteiger partial charge >= 0.3 is 11.9 Å². The topological polar surface area (TPSA) is 97.4 Å². The molecule has 1 aromatic rings. The summed E-state index contributed by atoms with van der Waals surface area (Å²) >= 11 is 0. The summed E-state index contributed by atoms with van der Waals surface area (Å²) in [6.45, 7) is 19.1. The van der Waals surface area contributed by atoms with Gasteiger partial charge in [-0.1, -0.05) is 26.3 Å². The third-order valence-electron chi connectivity index (χ3n) is 8.04. The van der Waals surface area contributed by atoms with E-state index in [9.17, 15) is 14.4 Å². The zero-order valence-corrected chi connectivity index (χ0v) is 26.7. The number of ether oxygens (including phenoxy) is 4. The molecule has 0 aliphatic heterocycles. The van der Waals surface area contributed by atoms with Crippen molar-refractivity contribution in [2.24, 2.45) is 5.41 Å². The molecule has 0 saturated heterocycles. The molecule has 0 bridgehead atoms. The van der Waals surface area contributed by atoms with Crippen molar-refractivity contribution in [2.75, 3.05) is 14.2 Å². The molecule has 0 fully saturated rings. The van der Waals surface area contributed by atoms with Gasteiger partial charge in [0.05, 0.1) is 20.8 Å². The predicted molar refractivity (Wildman–Crippen MR) is 152 cm³/mol. The minimum Gasteiger partial charge on any atom is -0.497 e. The Labute approximate surface area is 234 Å². The molecule has 0 saturated carbocycles. The first-order chi connectivity index (χ1) is 17.9. The summed E-state index contributed by atoms with van der Waals surface area (Å²) in [5, 5.41) is -0.0416. The van der Waals surface area contributed by atoms with E-state index >= 15 is 0 Å². The molecule has 0 unspecified atom stereocenters. The van der Waals surface area contributed by atoms with Crippen LogP contribution >= 0.6 is 0 Å². The number of rotatable bonds is 10. The number of hydrogen-bond donors (Lipinski definition) is 0. The lowest BCUT2D eigenvalue weighted by Gasteiger charge is -2.40. The molecule has 0 spiro atoms. The van der Waals surface area contributed by atoms with Crippen LogP contribution in [0.1, 0.15) is 85.5 Å². The fourth-order valence-corrected chi connectivity index (χ4v) is 5.74. The monoisotopic (exact) mass is 562 g/mol.